The molecule has 1 aromatic carbocycles. The van der Waals surface area contributed by atoms with E-state index in [0.717, 1.165) is 15.9 Å². The van der Waals surface area contributed by atoms with Crippen molar-refractivity contribution >= 4 is 44.8 Å². The molecule has 2 rings (SSSR count). The van der Waals surface area contributed by atoms with Crippen LogP contribution < -0.4 is 11.1 Å². The average molecular weight is 358 g/mol. The Hall–Kier alpha value is -1.53. The molecule has 1 amide bonds. The first-order chi connectivity index (χ1) is 9.38. The van der Waals surface area contributed by atoms with E-state index in [1.807, 2.05) is 13.8 Å². The van der Waals surface area contributed by atoms with Gasteiger partial charge < -0.3 is 11.1 Å². The van der Waals surface area contributed by atoms with Crippen LogP contribution in [0.15, 0.2) is 22.7 Å². The van der Waals surface area contributed by atoms with Crippen molar-refractivity contribution in [3.05, 3.63) is 39.1 Å². The van der Waals surface area contributed by atoms with Gasteiger partial charge in [0.15, 0.2) is 0 Å². The van der Waals surface area contributed by atoms with Gasteiger partial charge in [-0.15, -0.1) is 0 Å². The summed E-state index contributed by atoms with van der Waals surface area (Å²) in [6.45, 7) is 3.92. The summed E-state index contributed by atoms with van der Waals surface area (Å²) in [6.07, 6.45) is 0. The minimum atomic E-state index is -0.176. The van der Waals surface area contributed by atoms with E-state index in [1.165, 1.54) is 0 Å². The topological polar surface area (TPSA) is 72.9 Å². The average Bonchev–Trinajstić information content (AvgIpc) is 2.61. The molecule has 1 aromatic heterocycles. The van der Waals surface area contributed by atoms with E-state index in [0.29, 0.717) is 16.4 Å². The Bertz CT molecular complexity index is 669. The second-order valence-corrected chi connectivity index (χ2v) is 5.63. The second kappa shape index (κ2) is 5.85. The zero-order valence-electron chi connectivity index (χ0n) is 11.1. The molecule has 0 saturated heterocycles. The van der Waals surface area contributed by atoms with Crippen LogP contribution in [0.5, 0.6) is 0 Å². The number of aryl methyl sites for hydroxylation is 1. The van der Waals surface area contributed by atoms with E-state index in [9.17, 15) is 4.79 Å². The van der Waals surface area contributed by atoms with Crippen molar-refractivity contribution in [2.75, 3.05) is 11.1 Å². The minimum absolute atomic E-state index is 0.140. The largest absolute Gasteiger partial charge is 0.397 e. The predicted molar refractivity (Wildman–Crippen MR) is 83.9 cm³/mol. The lowest BCUT2D eigenvalue weighted by Gasteiger charge is -2.08. The Labute approximate surface area is 130 Å². The zero-order valence-corrected chi connectivity index (χ0v) is 13.4. The summed E-state index contributed by atoms with van der Waals surface area (Å²) in [7, 11) is 0. The molecule has 0 aliphatic carbocycles. The van der Waals surface area contributed by atoms with Crippen molar-refractivity contribution in [2.45, 2.75) is 20.4 Å². The fraction of sp³-hybridized carbons (Fsp3) is 0.231. The molecular weight excluding hydrogens is 344 g/mol. The van der Waals surface area contributed by atoms with Gasteiger partial charge in [0.2, 0.25) is 5.91 Å². The van der Waals surface area contributed by atoms with Crippen LogP contribution in [0.2, 0.25) is 5.02 Å². The molecule has 0 saturated carbocycles. The molecule has 20 heavy (non-hydrogen) atoms. The Morgan fingerprint density at radius 3 is 2.75 bits per heavy atom. The molecule has 0 radical (unpaired) electrons. The van der Waals surface area contributed by atoms with Crippen molar-refractivity contribution < 1.29 is 4.79 Å². The van der Waals surface area contributed by atoms with Crippen molar-refractivity contribution in [1.82, 2.24) is 9.78 Å². The molecule has 0 aliphatic heterocycles. The molecule has 0 bridgehead atoms. The van der Waals surface area contributed by atoms with Crippen LogP contribution in [-0.2, 0) is 11.3 Å². The number of aromatic nitrogens is 2. The van der Waals surface area contributed by atoms with Gasteiger partial charge in [-0.25, -0.2) is 0 Å². The molecule has 7 heteroatoms. The molecule has 106 valence electrons. The lowest BCUT2D eigenvalue weighted by Crippen LogP contribution is -2.20. The number of carbonyl (C=O) groups is 1. The summed E-state index contributed by atoms with van der Waals surface area (Å²) in [5, 5.41) is 7.51. The summed E-state index contributed by atoms with van der Waals surface area (Å²) in [5.74, 6) is -0.176. The number of rotatable bonds is 3. The number of amides is 1. The van der Waals surface area contributed by atoms with Gasteiger partial charge >= 0.3 is 0 Å². The lowest BCUT2D eigenvalue weighted by molar-refractivity contribution is -0.116. The number of carbonyl (C=O) groups excluding carboxylic acids is 1. The van der Waals surface area contributed by atoms with E-state index in [2.05, 4.69) is 26.3 Å². The molecule has 0 atom stereocenters. The third-order valence-corrected chi connectivity index (χ3v) is 4.36. The van der Waals surface area contributed by atoms with E-state index in [4.69, 9.17) is 17.3 Å². The second-order valence-electron chi connectivity index (χ2n) is 4.43. The number of hydrogen-bond acceptors (Lipinski definition) is 3. The van der Waals surface area contributed by atoms with Crippen molar-refractivity contribution in [3.63, 3.8) is 0 Å². The van der Waals surface area contributed by atoms with E-state index in [1.54, 1.807) is 22.9 Å². The molecule has 5 nitrogen and oxygen atoms in total. The molecule has 3 N–H and O–H groups in total. The molecule has 0 spiro atoms. The lowest BCUT2D eigenvalue weighted by atomic mass is 10.3. The highest BCUT2D eigenvalue weighted by atomic mass is 79.9. The Balaban J connectivity index is 2.09. The molecule has 0 aliphatic rings. The smallest absolute Gasteiger partial charge is 0.246 e. The summed E-state index contributed by atoms with van der Waals surface area (Å²) >= 11 is 9.26. The highest BCUT2D eigenvalue weighted by molar-refractivity contribution is 9.10. The molecule has 2 aromatic rings. The third kappa shape index (κ3) is 3.13. The number of benzene rings is 1. The number of anilines is 2. The van der Waals surface area contributed by atoms with Gasteiger partial charge in [-0.3, -0.25) is 9.48 Å². The first kappa shape index (κ1) is 14.9. The van der Waals surface area contributed by atoms with Gasteiger partial charge in [0, 0.05) is 5.69 Å². The van der Waals surface area contributed by atoms with Crippen LogP contribution in [0.1, 0.15) is 11.4 Å². The maximum absolute atomic E-state index is 12.0. The highest BCUT2D eigenvalue weighted by Gasteiger charge is 2.12. The van der Waals surface area contributed by atoms with E-state index < -0.39 is 0 Å². The fourth-order valence-corrected chi connectivity index (χ4v) is 2.19. The molecule has 0 unspecified atom stereocenters. The maximum Gasteiger partial charge on any atom is 0.246 e. The first-order valence-electron chi connectivity index (χ1n) is 5.93. The van der Waals surface area contributed by atoms with Gasteiger partial charge in [-0.2, -0.15) is 5.10 Å². The van der Waals surface area contributed by atoms with Crippen LogP contribution in [0.25, 0.3) is 0 Å². The summed E-state index contributed by atoms with van der Waals surface area (Å²) in [5.41, 5.74) is 8.49. The normalized spacial score (nSPS) is 10.6. The van der Waals surface area contributed by atoms with Crippen molar-refractivity contribution in [2.24, 2.45) is 0 Å². The third-order valence-electron chi connectivity index (χ3n) is 2.87. The van der Waals surface area contributed by atoms with Crippen molar-refractivity contribution in [3.8, 4) is 0 Å². The Morgan fingerprint density at radius 1 is 1.50 bits per heavy atom. The summed E-state index contributed by atoms with van der Waals surface area (Å²) in [6, 6.07) is 4.97. The monoisotopic (exact) mass is 356 g/mol. The quantitative estimate of drug-likeness (QED) is 0.829. The van der Waals surface area contributed by atoms with Gasteiger partial charge in [0.05, 0.1) is 26.6 Å². The first-order valence-corrected chi connectivity index (χ1v) is 7.10. The number of nitrogens with one attached hydrogen (secondary N) is 1. The minimum Gasteiger partial charge on any atom is -0.397 e. The number of halogens is 2. The summed E-state index contributed by atoms with van der Waals surface area (Å²) < 4.78 is 2.56. The number of hydrogen-bond donors (Lipinski definition) is 2. The van der Waals surface area contributed by atoms with Gasteiger partial charge in [0.1, 0.15) is 6.54 Å². The maximum atomic E-state index is 12.0. The molecular formula is C13H14BrClN4O. The molecule has 0 fully saturated rings. The number of nitrogens with two attached hydrogens (primary N) is 1. The Kier molecular flexibility index (Phi) is 4.35. The van der Waals surface area contributed by atoms with Crippen LogP contribution in [0.3, 0.4) is 0 Å². The van der Waals surface area contributed by atoms with E-state index >= 15 is 0 Å². The molecule has 1 heterocycles. The summed E-state index contributed by atoms with van der Waals surface area (Å²) in [4.78, 5) is 12.0. The van der Waals surface area contributed by atoms with Crippen molar-refractivity contribution in [1.29, 1.82) is 0 Å². The predicted octanol–water partition coefficient (Wildman–Crippen LogP) is 3.14. The Morgan fingerprint density at radius 2 is 2.20 bits per heavy atom. The zero-order chi connectivity index (χ0) is 14.9. The SMILES string of the molecule is Cc1nn(CC(=O)Nc2ccc(Cl)c(N)c2)c(C)c1Br. The van der Waals surface area contributed by atoms with Gasteiger partial charge in [-0.05, 0) is 48.0 Å². The fourth-order valence-electron chi connectivity index (χ4n) is 1.79. The van der Waals surface area contributed by atoms with E-state index in [-0.39, 0.29) is 12.5 Å². The van der Waals surface area contributed by atoms with Crippen LogP contribution in [0.4, 0.5) is 11.4 Å². The van der Waals surface area contributed by atoms with Gasteiger partial charge in [0.25, 0.3) is 0 Å². The number of nitrogen functional groups attached to an aromatic ring is 1. The highest BCUT2D eigenvalue weighted by Crippen LogP contribution is 2.23. The van der Waals surface area contributed by atoms with Crippen LogP contribution in [0, 0.1) is 13.8 Å². The van der Waals surface area contributed by atoms with Crippen LogP contribution in [-0.4, -0.2) is 15.7 Å². The van der Waals surface area contributed by atoms with Crippen LogP contribution >= 0.6 is 27.5 Å². The van der Waals surface area contributed by atoms with Gasteiger partial charge in [-0.1, -0.05) is 11.6 Å². The standard InChI is InChI=1S/C13H14BrClN4O/c1-7-13(14)8(2)19(18-7)6-12(20)17-9-3-4-10(15)11(16)5-9/h3-5H,6,16H2,1-2H3,(H,17,20). The number of nitrogens with zero attached hydrogens (tertiary/aromatic N) is 2.